The number of nitrogens with one attached hydrogen (secondary N) is 2. The molecule has 1 aromatic carbocycles. The van der Waals surface area contributed by atoms with Gasteiger partial charge in [-0.05, 0) is 31.9 Å². The maximum atomic E-state index is 11.9. The van der Waals surface area contributed by atoms with Gasteiger partial charge in [0.05, 0.1) is 11.5 Å². The molecule has 0 aliphatic rings. The van der Waals surface area contributed by atoms with Crippen LogP contribution in [0.3, 0.4) is 0 Å². The first kappa shape index (κ1) is 20.0. The molecule has 1 atom stereocenters. The summed E-state index contributed by atoms with van der Waals surface area (Å²) in [6.45, 7) is 6.12. The van der Waals surface area contributed by atoms with Gasteiger partial charge in [0, 0.05) is 11.7 Å². The fourth-order valence-corrected chi connectivity index (χ4v) is 3.13. The molecule has 1 aromatic heterocycles. The van der Waals surface area contributed by atoms with Gasteiger partial charge in [0.15, 0.2) is 0 Å². The zero-order valence-corrected chi connectivity index (χ0v) is 16.3. The predicted molar refractivity (Wildman–Crippen MR) is 107 cm³/mol. The van der Waals surface area contributed by atoms with E-state index in [1.54, 1.807) is 0 Å². The molecule has 1 heterocycles. The average Bonchev–Trinajstić information content (AvgIpc) is 2.56. The highest BCUT2D eigenvalue weighted by Gasteiger charge is 2.09. The third-order valence-corrected chi connectivity index (χ3v) is 4.61. The van der Waals surface area contributed by atoms with Gasteiger partial charge in [-0.15, -0.1) is 11.8 Å². The van der Waals surface area contributed by atoms with Crippen molar-refractivity contribution in [2.45, 2.75) is 45.4 Å². The van der Waals surface area contributed by atoms with E-state index in [9.17, 15) is 4.79 Å². The summed E-state index contributed by atoms with van der Waals surface area (Å²) in [7, 11) is 0. The van der Waals surface area contributed by atoms with Crippen molar-refractivity contribution in [1.29, 1.82) is 0 Å². The Hall–Kier alpha value is -2.35. The number of nitrogen functional groups attached to an aromatic ring is 1. The second kappa shape index (κ2) is 9.96. The van der Waals surface area contributed by atoms with E-state index in [1.807, 2.05) is 38.1 Å². The topological polar surface area (TPSA) is 106 Å². The lowest BCUT2D eigenvalue weighted by Gasteiger charge is -2.12. The Bertz CT molecular complexity index is 739. The van der Waals surface area contributed by atoms with Gasteiger partial charge in [-0.25, -0.2) is 0 Å². The number of nitrogens with two attached hydrogens (primary N) is 1. The number of aromatic nitrogens is 3. The second-order valence-electron chi connectivity index (χ2n) is 6.12. The van der Waals surface area contributed by atoms with E-state index >= 15 is 0 Å². The van der Waals surface area contributed by atoms with Gasteiger partial charge in [-0.2, -0.15) is 15.0 Å². The number of thioether (sulfide) groups is 1. The molecule has 8 heteroatoms. The summed E-state index contributed by atoms with van der Waals surface area (Å²) in [6.07, 6.45) is 2.03. The van der Waals surface area contributed by atoms with Crippen LogP contribution in [0.1, 0.15) is 38.1 Å². The lowest BCUT2D eigenvalue weighted by Crippen LogP contribution is -2.33. The number of amides is 1. The molecule has 2 aromatic rings. The van der Waals surface area contributed by atoms with Crippen molar-refractivity contribution in [3.05, 3.63) is 35.7 Å². The number of nitrogens with zero attached hydrogens (tertiary/aromatic N) is 3. The van der Waals surface area contributed by atoms with Crippen LogP contribution in [0.5, 0.6) is 0 Å². The van der Waals surface area contributed by atoms with E-state index < -0.39 is 0 Å². The number of anilines is 3. The van der Waals surface area contributed by atoms with Crippen LogP contribution in [0.4, 0.5) is 17.6 Å². The van der Waals surface area contributed by atoms with Crippen LogP contribution in [0.15, 0.2) is 24.3 Å². The van der Waals surface area contributed by atoms with Crippen LogP contribution in [0.2, 0.25) is 0 Å². The van der Waals surface area contributed by atoms with E-state index in [2.05, 4.69) is 32.5 Å². The summed E-state index contributed by atoms with van der Waals surface area (Å²) in [4.78, 5) is 24.6. The van der Waals surface area contributed by atoms with Crippen molar-refractivity contribution in [3.63, 3.8) is 0 Å². The number of hydrogen-bond acceptors (Lipinski definition) is 7. The zero-order valence-electron chi connectivity index (χ0n) is 15.5. The van der Waals surface area contributed by atoms with E-state index in [0.717, 1.165) is 24.1 Å². The minimum atomic E-state index is 0.0243. The lowest BCUT2D eigenvalue weighted by atomic mass is 10.2. The number of rotatable bonds is 9. The molecule has 2 rings (SSSR count). The molecule has 0 aliphatic carbocycles. The molecule has 140 valence electrons. The molecule has 0 spiro atoms. The summed E-state index contributed by atoms with van der Waals surface area (Å²) >= 11 is 1.45. The van der Waals surface area contributed by atoms with E-state index in [-0.39, 0.29) is 17.9 Å². The summed E-state index contributed by atoms with van der Waals surface area (Å²) in [6, 6.07) is 8.06. The van der Waals surface area contributed by atoms with Gasteiger partial charge in [0.2, 0.25) is 17.8 Å². The average molecular weight is 375 g/mol. The molecule has 0 bridgehead atoms. The van der Waals surface area contributed by atoms with Crippen molar-refractivity contribution < 1.29 is 4.79 Å². The van der Waals surface area contributed by atoms with Gasteiger partial charge < -0.3 is 16.4 Å². The highest BCUT2D eigenvalue weighted by Crippen LogP contribution is 2.18. The third kappa shape index (κ3) is 6.51. The van der Waals surface area contributed by atoms with Crippen molar-refractivity contribution in [2.75, 3.05) is 16.8 Å². The quantitative estimate of drug-likeness (QED) is 0.619. The Morgan fingerprint density at radius 2 is 2.04 bits per heavy atom. The lowest BCUT2D eigenvalue weighted by molar-refractivity contribution is -0.119. The molecule has 0 unspecified atom stereocenters. The summed E-state index contributed by atoms with van der Waals surface area (Å²) in [5, 5.41) is 6.14. The molecular weight excluding hydrogens is 348 g/mol. The van der Waals surface area contributed by atoms with Crippen LogP contribution in [0, 0.1) is 6.92 Å². The molecule has 4 N–H and O–H groups in total. The number of aryl methyl sites for hydroxylation is 1. The van der Waals surface area contributed by atoms with Crippen molar-refractivity contribution >= 4 is 35.3 Å². The third-order valence-electron chi connectivity index (χ3n) is 3.68. The van der Waals surface area contributed by atoms with Crippen molar-refractivity contribution in [1.82, 2.24) is 20.3 Å². The van der Waals surface area contributed by atoms with Crippen LogP contribution >= 0.6 is 11.8 Å². The molecule has 0 saturated carbocycles. The van der Waals surface area contributed by atoms with E-state index in [1.165, 1.54) is 11.8 Å². The Morgan fingerprint density at radius 1 is 1.27 bits per heavy atom. The minimum Gasteiger partial charge on any atom is -0.368 e. The molecule has 1 amide bonds. The smallest absolute Gasteiger partial charge is 0.232 e. The van der Waals surface area contributed by atoms with Gasteiger partial charge in [-0.1, -0.05) is 31.5 Å². The second-order valence-corrected chi connectivity index (χ2v) is 7.11. The van der Waals surface area contributed by atoms with E-state index in [0.29, 0.717) is 23.3 Å². The Morgan fingerprint density at radius 3 is 2.77 bits per heavy atom. The first-order valence-corrected chi connectivity index (χ1v) is 9.83. The first-order valence-electron chi connectivity index (χ1n) is 8.68. The molecule has 26 heavy (non-hydrogen) atoms. The van der Waals surface area contributed by atoms with Crippen LogP contribution in [-0.2, 0) is 10.5 Å². The van der Waals surface area contributed by atoms with Crippen LogP contribution in [0.25, 0.3) is 0 Å². The number of hydrogen-bond donors (Lipinski definition) is 3. The molecule has 7 nitrogen and oxygen atoms in total. The molecule has 0 aliphatic heterocycles. The maximum Gasteiger partial charge on any atom is 0.232 e. The van der Waals surface area contributed by atoms with Crippen LogP contribution in [-0.4, -0.2) is 32.7 Å². The highest BCUT2D eigenvalue weighted by molar-refractivity contribution is 7.99. The van der Waals surface area contributed by atoms with Crippen LogP contribution < -0.4 is 16.4 Å². The summed E-state index contributed by atoms with van der Waals surface area (Å²) < 4.78 is 0. The fraction of sp³-hybridized carbons (Fsp3) is 0.444. The standard InChI is InChI=1S/C18H26N6OS/c1-4-7-13(3)20-16(25)11-26-10-15-22-17(19)24-18(23-15)21-14-9-6-5-8-12(14)2/h5-6,8-9,13H,4,7,10-11H2,1-3H3,(H,20,25)(H3,19,21,22,23,24)/t13-/m1/s1. The van der Waals surface area contributed by atoms with Gasteiger partial charge >= 0.3 is 0 Å². The van der Waals surface area contributed by atoms with Gasteiger partial charge in [-0.3, -0.25) is 4.79 Å². The number of carbonyl (C=O) groups is 1. The minimum absolute atomic E-state index is 0.0243. The molecule has 0 radical (unpaired) electrons. The number of benzene rings is 1. The highest BCUT2D eigenvalue weighted by atomic mass is 32.2. The normalized spacial score (nSPS) is 11.8. The SMILES string of the molecule is CCC[C@@H](C)NC(=O)CSCc1nc(N)nc(Nc2ccccc2C)n1. The largest absolute Gasteiger partial charge is 0.368 e. The van der Waals surface area contributed by atoms with Crippen molar-refractivity contribution in [3.8, 4) is 0 Å². The molecular formula is C18H26N6OS. The first-order chi connectivity index (χ1) is 12.5. The molecule has 0 fully saturated rings. The Labute approximate surface area is 158 Å². The van der Waals surface area contributed by atoms with E-state index in [4.69, 9.17) is 5.73 Å². The molecule has 0 saturated heterocycles. The van der Waals surface area contributed by atoms with Gasteiger partial charge in [0.1, 0.15) is 5.82 Å². The monoisotopic (exact) mass is 374 g/mol. The zero-order chi connectivity index (χ0) is 18.9. The fourth-order valence-electron chi connectivity index (χ4n) is 2.45. The summed E-state index contributed by atoms with van der Waals surface area (Å²) in [5.74, 6) is 1.99. The maximum absolute atomic E-state index is 11.9. The Kier molecular flexibility index (Phi) is 7.65. The van der Waals surface area contributed by atoms with Gasteiger partial charge in [0.25, 0.3) is 0 Å². The Balaban J connectivity index is 1.91. The van der Waals surface area contributed by atoms with Crippen molar-refractivity contribution in [2.24, 2.45) is 0 Å². The predicted octanol–water partition coefficient (Wildman–Crippen LogP) is 3.04. The number of carbonyl (C=O) groups excluding carboxylic acids is 1. The number of para-hydroxylation sites is 1. The summed E-state index contributed by atoms with van der Waals surface area (Å²) in [5.41, 5.74) is 7.79.